The number of hydrogen-bond donors (Lipinski definition) is 0. The van der Waals surface area contributed by atoms with Crippen LogP contribution in [0.25, 0.3) is 0 Å². The number of thiazole rings is 1. The average Bonchev–Trinajstić information content (AvgIpc) is 2.98. The first-order chi connectivity index (χ1) is 7.86. The lowest BCUT2D eigenvalue weighted by molar-refractivity contribution is 0.0993. The van der Waals surface area contributed by atoms with Crippen LogP contribution in [0.4, 0.5) is 5.69 Å². The van der Waals surface area contributed by atoms with Crippen LogP contribution in [0.3, 0.4) is 0 Å². The summed E-state index contributed by atoms with van der Waals surface area (Å²) in [5, 5.41) is 0. The number of rotatable bonds is 1. The Morgan fingerprint density at radius 3 is 3.06 bits per heavy atom. The largest absolute Gasteiger partial charge is 0.307 e. The first-order valence-electron chi connectivity index (χ1n) is 5.14. The number of amides is 1. The van der Waals surface area contributed by atoms with Crippen molar-refractivity contribution < 1.29 is 4.79 Å². The third kappa shape index (κ3) is 1.42. The van der Waals surface area contributed by atoms with Crippen molar-refractivity contribution in [2.75, 3.05) is 11.4 Å². The number of carbonyl (C=O) groups is 1. The summed E-state index contributed by atoms with van der Waals surface area (Å²) >= 11 is 1.39. The maximum atomic E-state index is 12.2. The second-order valence-corrected chi connectivity index (χ2v) is 4.59. The summed E-state index contributed by atoms with van der Waals surface area (Å²) in [6.07, 6.45) is 2.58. The zero-order valence-electron chi connectivity index (χ0n) is 8.59. The van der Waals surface area contributed by atoms with E-state index in [0.29, 0.717) is 4.88 Å². The van der Waals surface area contributed by atoms with Crippen molar-refractivity contribution in [1.82, 2.24) is 4.98 Å². The van der Waals surface area contributed by atoms with Crippen LogP contribution in [0.2, 0.25) is 0 Å². The van der Waals surface area contributed by atoms with Gasteiger partial charge in [0.15, 0.2) is 0 Å². The number of hydrogen-bond acceptors (Lipinski definition) is 3. The molecule has 0 radical (unpaired) electrons. The Balaban J connectivity index is 1.96. The number of carbonyl (C=O) groups excluding carboxylic acids is 1. The lowest BCUT2D eigenvalue weighted by Crippen LogP contribution is -2.28. The number of benzene rings is 1. The lowest BCUT2D eigenvalue weighted by Gasteiger charge is -2.15. The smallest absolute Gasteiger partial charge is 0.269 e. The molecule has 0 bridgehead atoms. The molecule has 1 amide bonds. The number of para-hydroxylation sites is 1. The van der Waals surface area contributed by atoms with E-state index in [2.05, 4.69) is 11.1 Å². The predicted octanol–water partition coefficient (Wildman–Crippen LogP) is 2.35. The van der Waals surface area contributed by atoms with Gasteiger partial charge in [-0.1, -0.05) is 18.2 Å². The van der Waals surface area contributed by atoms with Crippen LogP contribution in [0.15, 0.2) is 36.0 Å². The van der Waals surface area contributed by atoms with Crippen LogP contribution >= 0.6 is 11.3 Å². The zero-order valence-corrected chi connectivity index (χ0v) is 9.41. The Morgan fingerprint density at radius 2 is 2.25 bits per heavy atom. The van der Waals surface area contributed by atoms with Gasteiger partial charge in [-0.25, -0.2) is 0 Å². The van der Waals surface area contributed by atoms with Gasteiger partial charge in [0.2, 0.25) is 0 Å². The molecule has 80 valence electrons. The summed E-state index contributed by atoms with van der Waals surface area (Å²) in [6, 6.07) is 8.06. The van der Waals surface area contributed by atoms with Crippen molar-refractivity contribution in [2.24, 2.45) is 0 Å². The molecule has 0 aliphatic carbocycles. The molecule has 1 aliphatic rings. The van der Waals surface area contributed by atoms with Crippen molar-refractivity contribution in [3.8, 4) is 0 Å². The fourth-order valence-corrected chi connectivity index (χ4v) is 2.57. The average molecular weight is 230 g/mol. The third-order valence-corrected chi connectivity index (χ3v) is 3.54. The minimum absolute atomic E-state index is 0.0625. The molecule has 2 aromatic rings. The SMILES string of the molecule is O=C(c1cncs1)N1CCc2ccccc21. The maximum Gasteiger partial charge on any atom is 0.269 e. The van der Waals surface area contributed by atoms with Gasteiger partial charge in [0.05, 0.1) is 11.7 Å². The summed E-state index contributed by atoms with van der Waals surface area (Å²) in [7, 11) is 0. The molecule has 2 heterocycles. The van der Waals surface area contributed by atoms with Gasteiger partial charge in [-0.05, 0) is 18.1 Å². The fourth-order valence-electron chi connectivity index (χ4n) is 2.00. The molecule has 1 aliphatic heterocycles. The number of nitrogens with zero attached hydrogens (tertiary/aromatic N) is 2. The molecule has 0 atom stereocenters. The van der Waals surface area contributed by atoms with E-state index in [1.807, 2.05) is 23.1 Å². The fraction of sp³-hybridized carbons (Fsp3) is 0.167. The molecule has 4 heteroatoms. The van der Waals surface area contributed by atoms with Gasteiger partial charge in [-0.3, -0.25) is 9.78 Å². The Morgan fingerprint density at radius 1 is 1.38 bits per heavy atom. The van der Waals surface area contributed by atoms with Crippen LogP contribution < -0.4 is 4.90 Å². The standard InChI is InChI=1S/C12H10N2OS/c15-12(11-7-13-8-16-11)14-6-5-9-3-1-2-4-10(9)14/h1-4,7-8H,5-6H2. The van der Waals surface area contributed by atoms with Crippen LogP contribution in [0, 0.1) is 0 Å². The van der Waals surface area contributed by atoms with Gasteiger partial charge >= 0.3 is 0 Å². The highest BCUT2D eigenvalue weighted by molar-refractivity contribution is 7.11. The van der Waals surface area contributed by atoms with Crippen molar-refractivity contribution in [3.63, 3.8) is 0 Å². The van der Waals surface area contributed by atoms with Gasteiger partial charge in [0, 0.05) is 12.2 Å². The summed E-state index contributed by atoms with van der Waals surface area (Å²) in [5.74, 6) is 0.0625. The summed E-state index contributed by atoms with van der Waals surface area (Å²) in [4.78, 5) is 18.7. The molecular formula is C12H10N2OS. The highest BCUT2D eigenvalue weighted by atomic mass is 32.1. The van der Waals surface area contributed by atoms with Crippen LogP contribution in [-0.2, 0) is 6.42 Å². The molecular weight excluding hydrogens is 220 g/mol. The monoisotopic (exact) mass is 230 g/mol. The molecule has 1 aromatic carbocycles. The van der Waals surface area contributed by atoms with E-state index in [1.165, 1.54) is 16.9 Å². The predicted molar refractivity (Wildman–Crippen MR) is 63.9 cm³/mol. The second kappa shape index (κ2) is 3.72. The van der Waals surface area contributed by atoms with Crippen LogP contribution in [0.5, 0.6) is 0 Å². The van der Waals surface area contributed by atoms with Crippen molar-refractivity contribution in [2.45, 2.75) is 6.42 Å². The highest BCUT2D eigenvalue weighted by Crippen LogP contribution is 2.29. The molecule has 3 rings (SSSR count). The third-order valence-electron chi connectivity index (χ3n) is 2.78. The molecule has 0 unspecified atom stereocenters. The van der Waals surface area contributed by atoms with Crippen molar-refractivity contribution >= 4 is 22.9 Å². The summed E-state index contributed by atoms with van der Waals surface area (Å²) in [5.41, 5.74) is 3.98. The van der Waals surface area contributed by atoms with Crippen molar-refractivity contribution in [3.05, 3.63) is 46.4 Å². The Kier molecular flexibility index (Phi) is 2.22. The highest BCUT2D eigenvalue weighted by Gasteiger charge is 2.25. The first kappa shape index (κ1) is 9.54. The zero-order chi connectivity index (χ0) is 11.0. The van der Waals surface area contributed by atoms with E-state index in [4.69, 9.17) is 0 Å². The summed E-state index contributed by atoms with van der Waals surface area (Å²) < 4.78 is 0. The van der Waals surface area contributed by atoms with E-state index in [-0.39, 0.29) is 5.91 Å². The quantitative estimate of drug-likeness (QED) is 0.753. The van der Waals surface area contributed by atoms with Crippen molar-refractivity contribution in [1.29, 1.82) is 0 Å². The van der Waals surface area contributed by atoms with Gasteiger partial charge in [0.25, 0.3) is 5.91 Å². The summed E-state index contributed by atoms with van der Waals surface area (Å²) in [6.45, 7) is 0.774. The van der Waals surface area contributed by atoms with E-state index >= 15 is 0 Å². The minimum atomic E-state index is 0.0625. The molecule has 0 fully saturated rings. The Bertz CT molecular complexity index is 522. The van der Waals surface area contributed by atoms with E-state index in [1.54, 1.807) is 11.7 Å². The molecule has 3 nitrogen and oxygen atoms in total. The molecule has 0 saturated carbocycles. The molecule has 0 N–H and O–H groups in total. The molecule has 16 heavy (non-hydrogen) atoms. The first-order valence-corrected chi connectivity index (χ1v) is 6.02. The minimum Gasteiger partial charge on any atom is -0.307 e. The topological polar surface area (TPSA) is 33.2 Å². The van der Waals surface area contributed by atoms with Gasteiger partial charge in [-0.2, -0.15) is 0 Å². The number of anilines is 1. The van der Waals surface area contributed by atoms with Gasteiger partial charge in [0.1, 0.15) is 4.88 Å². The van der Waals surface area contributed by atoms with Gasteiger partial charge < -0.3 is 4.90 Å². The Hall–Kier alpha value is -1.68. The maximum absolute atomic E-state index is 12.2. The molecule has 0 saturated heterocycles. The lowest BCUT2D eigenvalue weighted by atomic mass is 10.2. The Labute approximate surface area is 97.4 Å². The van der Waals surface area contributed by atoms with Gasteiger partial charge in [-0.15, -0.1) is 11.3 Å². The second-order valence-electron chi connectivity index (χ2n) is 3.70. The number of aromatic nitrogens is 1. The normalized spacial score (nSPS) is 13.9. The number of fused-ring (bicyclic) bond motifs is 1. The molecule has 0 spiro atoms. The van der Waals surface area contributed by atoms with E-state index in [9.17, 15) is 4.79 Å². The van der Waals surface area contributed by atoms with Crippen LogP contribution in [0.1, 0.15) is 15.2 Å². The van der Waals surface area contributed by atoms with Crippen LogP contribution in [-0.4, -0.2) is 17.4 Å². The van der Waals surface area contributed by atoms with E-state index < -0.39 is 0 Å². The van der Waals surface area contributed by atoms with E-state index in [0.717, 1.165) is 18.7 Å². The molecule has 1 aromatic heterocycles.